The van der Waals surface area contributed by atoms with Crippen molar-refractivity contribution in [2.24, 2.45) is 0 Å². The molecule has 0 saturated heterocycles. The Kier molecular flexibility index (Phi) is 4.19. The van der Waals surface area contributed by atoms with Crippen LogP contribution in [0.2, 0.25) is 5.02 Å². The summed E-state index contributed by atoms with van der Waals surface area (Å²) < 4.78 is 0. The number of pyridine rings is 1. The van der Waals surface area contributed by atoms with Crippen molar-refractivity contribution in [3.8, 4) is 0 Å². The fourth-order valence-electron chi connectivity index (χ4n) is 2.17. The molecule has 0 aromatic carbocycles. The van der Waals surface area contributed by atoms with Crippen LogP contribution in [0.3, 0.4) is 0 Å². The van der Waals surface area contributed by atoms with Gasteiger partial charge in [-0.3, -0.25) is 14.7 Å². The van der Waals surface area contributed by atoms with Gasteiger partial charge < -0.3 is 5.11 Å². The van der Waals surface area contributed by atoms with E-state index in [9.17, 15) is 9.90 Å². The van der Waals surface area contributed by atoms with E-state index in [0.29, 0.717) is 17.6 Å². The van der Waals surface area contributed by atoms with Crippen LogP contribution in [0.25, 0.3) is 0 Å². The summed E-state index contributed by atoms with van der Waals surface area (Å²) in [6.45, 7) is 2.30. The highest BCUT2D eigenvalue weighted by Gasteiger charge is 2.32. The van der Waals surface area contributed by atoms with Crippen LogP contribution in [0.15, 0.2) is 18.5 Å². The van der Waals surface area contributed by atoms with E-state index >= 15 is 0 Å². The van der Waals surface area contributed by atoms with Gasteiger partial charge in [0.15, 0.2) is 0 Å². The van der Waals surface area contributed by atoms with Gasteiger partial charge in [0, 0.05) is 25.0 Å². The molecule has 18 heavy (non-hydrogen) atoms. The first-order chi connectivity index (χ1) is 8.59. The maximum Gasteiger partial charge on any atom is 0.320 e. The van der Waals surface area contributed by atoms with E-state index in [0.717, 1.165) is 18.4 Å². The Balaban J connectivity index is 2.14. The SMILES string of the molecule is CC(C(=O)O)N(Cc1ccncc1Cl)C1CCC1. The lowest BCUT2D eigenvalue weighted by molar-refractivity contribution is -0.144. The maximum absolute atomic E-state index is 11.2. The Hall–Kier alpha value is -1.13. The molecule has 1 unspecified atom stereocenters. The largest absolute Gasteiger partial charge is 0.480 e. The molecule has 1 aliphatic carbocycles. The van der Waals surface area contributed by atoms with Gasteiger partial charge in [-0.1, -0.05) is 18.0 Å². The molecular formula is C13H17ClN2O2. The van der Waals surface area contributed by atoms with E-state index in [-0.39, 0.29) is 0 Å². The van der Waals surface area contributed by atoms with E-state index in [1.54, 1.807) is 19.3 Å². The Morgan fingerprint density at radius 1 is 1.67 bits per heavy atom. The van der Waals surface area contributed by atoms with Gasteiger partial charge >= 0.3 is 5.97 Å². The van der Waals surface area contributed by atoms with E-state index in [1.807, 2.05) is 11.0 Å². The maximum atomic E-state index is 11.2. The molecule has 1 saturated carbocycles. The molecule has 5 heteroatoms. The number of nitrogens with zero attached hydrogens (tertiary/aromatic N) is 2. The van der Waals surface area contributed by atoms with Crippen molar-refractivity contribution in [1.29, 1.82) is 0 Å². The Morgan fingerprint density at radius 3 is 2.89 bits per heavy atom. The number of aromatic nitrogens is 1. The van der Waals surface area contributed by atoms with Crippen molar-refractivity contribution >= 4 is 17.6 Å². The molecule has 4 nitrogen and oxygen atoms in total. The minimum atomic E-state index is -0.785. The van der Waals surface area contributed by atoms with E-state index in [4.69, 9.17) is 11.6 Å². The predicted octanol–water partition coefficient (Wildman–Crippen LogP) is 2.56. The summed E-state index contributed by atoms with van der Waals surface area (Å²) in [5, 5.41) is 9.78. The molecule has 0 spiro atoms. The molecule has 1 atom stereocenters. The Bertz CT molecular complexity index is 435. The molecule has 1 aromatic heterocycles. The Labute approximate surface area is 112 Å². The summed E-state index contributed by atoms with van der Waals surface area (Å²) >= 11 is 6.08. The molecule has 0 radical (unpaired) electrons. The van der Waals surface area contributed by atoms with Crippen molar-refractivity contribution in [2.45, 2.75) is 44.8 Å². The van der Waals surface area contributed by atoms with Crippen molar-refractivity contribution < 1.29 is 9.90 Å². The lowest BCUT2D eigenvalue weighted by Crippen LogP contribution is -2.48. The quantitative estimate of drug-likeness (QED) is 0.892. The molecule has 1 N–H and O–H groups in total. The predicted molar refractivity (Wildman–Crippen MR) is 69.5 cm³/mol. The van der Waals surface area contributed by atoms with E-state index < -0.39 is 12.0 Å². The summed E-state index contributed by atoms with van der Waals surface area (Å²) in [6.07, 6.45) is 6.60. The molecule has 1 aromatic rings. The minimum absolute atomic E-state index is 0.361. The highest BCUT2D eigenvalue weighted by atomic mass is 35.5. The molecule has 1 aliphatic rings. The third-order valence-electron chi connectivity index (χ3n) is 3.61. The average molecular weight is 269 g/mol. The van der Waals surface area contributed by atoms with Gasteiger partial charge in [0.25, 0.3) is 0 Å². The first-order valence-corrected chi connectivity index (χ1v) is 6.54. The van der Waals surface area contributed by atoms with Crippen LogP contribution in [0.1, 0.15) is 31.7 Å². The number of carboxylic acids is 1. The van der Waals surface area contributed by atoms with Gasteiger partial charge in [0.1, 0.15) is 6.04 Å². The molecule has 1 heterocycles. The van der Waals surface area contributed by atoms with Gasteiger partial charge in [0.05, 0.1) is 5.02 Å². The second kappa shape index (κ2) is 5.67. The second-order valence-corrected chi connectivity index (χ2v) is 5.15. The summed E-state index contributed by atoms with van der Waals surface area (Å²) in [4.78, 5) is 17.1. The highest BCUT2D eigenvalue weighted by Crippen LogP contribution is 2.29. The van der Waals surface area contributed by atoms with Crippen LogP contribution in [0.4, 0.5) is 0 Å². The lowest BCUT2D eigenvalue weighted by atomic mass is 9.90. The number of carbonyl (C=O) groups is 1. The molecular weight excluding hydrogens is 252 g/mol. The molecule has 1 fully saturated rings. The number of carboxylic acid groups (broad SMARTS) is 1. The van der Waals surface area contributed by atoms with Crippen molar-refractivity contribution in [2.75, 3.05) is 0 Å². The number of rotatable bonds is 5. The van der Waals surface area contributed by atoms with Crippen molar-refractivity contribution in [3.63, 3.8) is 0 Å². The number of hydrogen-bond acceptors (Lipinski definition) is 3. The smallest absolute Gasteiger partial charge is 0.320 e. The van der Waals surface area contributed by atoms with Crippen LogP contribution in [0, 0.1) is 0 Å². The third-order valence-corrected chi connectivity index (χ3v) is 3.95. The summed E-state index contributed by atoms with van der Waals surface area (Å²) in [6, 6.07) is 1.72. The molecule has 0 aliphatic heterocycles. The van der Waals surface area contributed by atoms with Crippen LogP contribution >= 0.6 is 11.6 Å². The summed E-state index contributed by atoms with van der Waals surface area (Å²) in [7, 11) is 0. The molecule has 0 bridgehead atoms. The highest BCUT2D eigenvalue weighted by molar-refractivity contribution is 6.31. The standard InChI is InChI=1S/C13H17ClN2O2/c1-9(13(17)18)16(11-3-2-4-11)8-10-5-6-15-7-12(10)14/h5-7,9,11H,2-4,8H2,1H3,(H,17,18). The topological polar surface area (TPSA) is 53.4 Å². The van der Waals surface area contributed by atoms with Gasteiger partial charge in [-0.2, -0.15) is 0 Å². The average Bonchev–Trinajstić information content (AvgIpc) is 2.27. The monoisotopic (exact) mass is 268 g/mol. The van der Waals surface area contributed by atoms with Crippen LogP contribution in [0.5, 0.6) is 0 Å². The molecule has 2 rings (SSSR count). The minimum Gasteiger partial charge on any atom is -0.480 e. The van der Waals surface area contributed by atoms with Gasteiger partial charge in [-0.25, -0.2) is 0 Å². The fraction of sp³-hybridized carbons (Fsp3) is 0.538. The Morgan fingerprint density at radius 2 is 2.39 bits per heavy atom. The van der Waals surface area contributed by atoms with Gasteiger partial charge in [-0.15, -0.1) is 0 Å². The van der Waals surface area contributed by atoms with Gasteiger partial charge in [0.2, 0.25) is 0 Å². The molecule has 0 amide bonds. The first-order valence-electron chi connectivity index (χ1n) is 6.16. The first kappa shape index (κ1) is 13.3. The van der Waals surface area contributed by atoms with Crippen LogP contribution in [-0.2, 0) is 11.3 Å². The summed E-state index contributed by atoms with van der Waals surface area (Å²) in [5.41, 5.74) is 0.937. The normalized spacial score (nSPS) is 17.5. The lowest BCUT2D eigenvalue weighted by Gasteiger charge is -2.40. The number of hydrogen-bond donors (Lipinski definition) is 1. The second-order valence-electron chi connectivity index (χ2n) is 4.74. The number of aliphatic carboxylic acids is 1. The summed E-state index contributed by atoms with van der Waals surface area (Å²) in [5.74, 6) is -0.785. The zero-order valence-electron chi connectivity index (χ0n) is 10.3. The van der Waals surface area contributed by atoms with E-state index in [2.05, 4.69) is 4.98 Å². The zero-order chi connectivity index (χ0) is 13.1. The zero-order valence-corrected chi connectivity index (χ0v) is 11.1. The fourth-order valence-corrected chi connectivity index (χ4v) is 2.35. The third kappa shape index (κ3) is 2.82. The van der Waals surface area contributed by atoms with Crippen molar-refractivity contribution in [3.05, 3.63) is 29.0 Å². The van der Waals surface area contributed by atoms with Gasteiger partial charge in [-0.05, 0) is 31.4 Å². The van der Waals surface area contributed by atoms with Crippen molar-refractivity contribution in [1.82, 2.24) is 9.88 Å². The van der Waals surface area contributed by atoms with Crippen LogP contribution in [-0.4, -0.2) is 33.0 Å². The number of halogens is 1. The molecule has 98 valence electrons. The van der Waals surface area contributed by atoms with Crippen LogP contribution < -0.4 is 0 Å². The van der Waals surface area contributed by atoms with E-state index in [1.165, 1.54) is 6.42 Å².